The van der Waals surface area contributed by atoms with Gasteiger partial charge in [-0.3, -0.25) is 0 Å². The fourth-order valence-electron chi connectivity index (χ4n) is 2.59. The van der Waals surface area contributed by atoms with Crippen LogP contribution in [0.1, 0.15) is 0 Å². The molecule has 4 nitrogen and oxygen atoms in total. The normalized spacial score (nSPS) is 15.0. The van der Waals surface area contributed by atoms with Crippen molar-refractivity contribution in [2.24, 2.45) is 14.1 Å². The van der Waals surface area contributed by atoms with Crippen molar-refractivity contribution in [3.8, 4) is 0 Å². The van der Waals surface area contributed by atoms with Gasteiger partial charge in [0.05, 0.1) is 32.1 Å². The Morgan fingerprint density at radius 2 is 1.69 bits per heavy atom. The van der Waals surface area contributed by atoms with Gasteiger partial charge in [0, 0.05) is 26.2 Å². The van der Waals surface area contributed by atoms with Crippen LogP contribution >= 0.6 is 0 Å². The van der Waals surface area contributed by atoms with Crippen LogP contribution < -0.4 is 14.4 Å². The fourth-order valence-corrected chi connectivity index (χ4v) is 2.59. The third-order valence-electron chi connectivity index (χ3n) is 3.42. The molecule has 16 heavy (non-hydrogen) atoms. The highest BCUT2D eigenvalue weighted by Crippen LogP contribution is 2.36. The number of rotatable bonds is 0. The molecule has 4 heteroatoms. The highest BCUT2D eigenvalue weighted by Gasteiger charge is 2.24. The topological polar surface area (TPSA) is 15.3 Å². The van der Waals surface area contributed by atoms with E-state index in [1.165, 1.54) is 22.4 Å². The monoisotopic (exact) mass is 217 g/mol. The molecule has 1 aromatic carbocycles. The molecule has 0 amide bonds. The first-order valence-corrected chi connectivity index (χ1v) is 5.49. The van der Waals surface area contributed by atoms with E-state index in [-0.39, 0.29) is 0 Å². The summed E-state index contributed by atoms with van der Waals surface area (Å²) < 4.78 is 4.34. The van der Waals surface area contributed by atoms with Crippen LogP contribution in [0.25, 0.3) is 11.0 Å². The zero-order valence-electron chi connectivity index (χ0n) is 10.2. The first-order valence-electron chi connectivity index (χ1n) is 5.49. The van der Waals surface area contributed by atoms with E-state index in [9.17, 15) is 0 Å². The van der Waals surface area contributed by atoms with Crippen molar-refractivity contribution in [3.05, 3.63) is 18.5 Å². The van der Waals surface area contributed by atoms with Crippen LogP contribution in [0.2, 0.25) is 0 Å². The Kier molecular flexibility index (Phi) is 1.73. The summed E-state index contributed by atoms with van der Waals surface area (Å²) in [6, 6.07) is 4.54. The summed E-state index contributed by atoms with van der Waals surface area (Å²) in [6.45, 7) is 0.968. The molecule has 3 rings (SSSR count). The molecule has 0 fully saturated rings. The van der Waals surface area contributed by atoms with Crippen molar-refractivity contribution < 1.29 is 4.57 Å². The Labute approximate surface area is 95.3 Å². The zero-order valence-corrected chi connectivity index (χ0v) is 10.2. The van der Waals surface area contributed by atoms with Gasteiger partial charge in [-0.05, 0) is 0 Å². The van der Waals surface area contributed by atoms with Gasteiger partial charge in [0.25, 0.3) is 0 Å². The van der Waals surface area contributed by atoms with Crippen LogP contribution in [0.3, 0.4) is 0 Å². The number of anilines is 2. The molecule has 2 aromatic rings. The van der Waals surface area contributed by atoms with Gasteiger partial charge in [0.1, 0.15) is 0 Å². The number of hydrogen-bond acceptors (Lipinski definition) is 2. The van der Waals surface area contributed by atoms with E-state index < -0.39 is 0 Å². The number of aryl methyl sites for hydroxylation is 2. The van der Waals surface area contributed by atoms with Gasteiger partial charge in [-0.15, -0.1) is 0 Å². The summed E-state index contributed by atoms with van der Waals surface area (Å²) in [5.41, 5.74) is 5.19. The molecule has 84 valence electrons. The second kappa shape index (κ2) is 2.90. The zero-order chi connectivity index (χ0) is 11.4. The molecule has 0 saturated heterocycles. The highest BCUT2D eigenvalue weighted by atomic mass is 15.3. The standard InChI is InChI=1S/C12H17N4/c1-13-7-14(2)10-6-12-11(5-9(10)13)15(3)8-16(12)4/h5-7H,8H2,1-4H3/q+1. The third kappa shape index (κ3) is 1.07. The molecule has 0 bridgehead atoms. The van der Waals surface area contributed by atoms with Crippen LogP contribution in [0.5, 0.6) is 0 Å². The van der Waals surface area contributed by atoms with E-state index in [2.05, 4.69) is 65.6 Å². The van der Waals surface area contributed by atoms with Crippen molar-refractivity contribution in [2.45, 2.75) is 0 Å². The lowest BCUT2D eigenvalue weighted by Crippen LogP contribution is -2.25. The van der Waals surface area contributed by atoms with Gasteiger partial charge in [0.15, 0.2) is 11.0 Å². The molecule has 0 radical (unpaired) electrons. The lowest BCUT2D eigenvalue weighted by Gasteiger charge is -2.11. The minimum absolute atomic E-state index is 0.968. The van der Waals surface area contributed by atoms with Crippen molar-refractivity contribution >= 4 is 22.4 Å². The smallest absolute Gasteiger partial charge is 0.244 e. The molecule has 2 heterocycles. The molecule has 0 N–H and O–H groups in total. The van der Waals surface area contributed by atoms with Crippen LogP contribution in [-0.2, 0) is 14.1 Å². The maximum atomic E-state index is 2.28. The number of hydrogen-bond donors (Lipinski definition) is 0. The summed E-state index contributed by atoms with van der Waals surface area (Å²) in [5.74, 6) is 0. The predicted molar refractivity (Wildman–Crippen MR) is 65.8 cm³/mol. The maximum absolute atomic E-state index is 2.28. The molecule has 1 aliphatic rings. The number of nitrogens with zero attached hydrogens (tertiary/aromatic N) is 4. The average molecular weight is 217 g/mol. The summed E-state index contributed by atoms with van der Waals surface area (Å²) in [6.07, 6.45) is 2.11. The van der Waals surface area contributed by atoms with Crippen molar-refractivity contribution in [1.82, 2.24) is 4.57 Å². The van der Waals surface area contributed by atoms with E-state index in [0.717, 1.165) is 6.67 Å². The third-order valence-corrected chi connectivity index (χ3v) is 3.42. The quantitative estimate of drug-likeness (QED) is 0.608. The largest absolute Gasteiger partial charge is 0.355 e. The number of imidazole rings is 1. The molecule has 0 aliphatic carbocycles. The molecular formula is C12H17N4+. The SMILES string of the molecule is CN1CN(C)c2cc3c(cc21)n(C)c[n+]3C. The summed E-state index contributed by atoms with van der Waals surface area (Å²) in [7, 11) is 8.45. The Morgan fingerprint density at radius 3 is 2.38 bits per heavy atom. The summed E-state index contributed by atoms with van der Waals surface area (Å²) in [4.78, 5) is 4.56. The lowest BCUT2D eigenvalue weighted by atomic mass is 10.2. The Hall–Kier alpha value is -1.71. The summed E-state index contributed by atoms with van der Waals surface area (Å²) in [5, 5.41) is 0. The average Bonchev–Trinajstić information content (AvgIpc) is 2.67. The Bertz CT molecular complexity index is 522. The highest BCUT2D eigenvalue weighted by molar-refractivity contribution is 5.89. The Balaban J connectivity index is 2.36. The molecule has 0 unspecified atom stereocenters. The molecular weight excluding hydrogens is 200 g/mol. The molecule has 1 aliphatic heterocycles. The Morgan fingerprint density at radius 1 is 1.06 bits per heavy atom. The van der Waals surface area contributed by atoms with Crippen LogP contribution in [0.15, 0.2) is 18.5 Å². The van der Waals surface area contributed by atoms with Crippen molar-refractivity contribution in [3.63, 3.8) is 0 Å². The van der Waals surface area contributed by atoms with E-state index in [1.807, 2.05) is 0 Å². The van der Waals surface area contributed by atoms with E-state index in [1.54, 1.807) is 0 Å². The minimum Gasteiger partial charge on any atom is -0.355 e. The van der Waals surface area contributed by atoms with E-state index in [4.69, 9.17) is 0 Å². The number of aromatic nitrogens is 2. The lowest BCUT2D eigenvalue weighted by molar-refractivity contribution is -0.645. The molecule has 0 saturated carbocycles. The summed E-state index contributed by atoms with van der Waals surface area (Å²) >= 11 is 0. The minimum atomic E-state index is 0.968. The first kappa shape index (κ1) is 9.51. The van der Waals surface area contributed by atoms with Gasteiger partial charge in [-0.2, -0.15) is 0 Å². The van der Waals surface area contributed by atoms with Crippen LogP contribution in [-0.4, -0.2) is 25.3 Å². The number of benzene rings is 1. The van der Waals surface area contributed by atoms with Crippen molar-refractivity contribution in [1.29, 1.82) is 0 Å². The maximum Gasteiger partial charge on any atom is 0.244 e. The van der Waals surface area contributed by atoms with Gasteiger partial charge in [-0.1, -0.05) is 0 Å². The van der Waals surface area contributed by atoms with Gasteiger partial charge in [-0.25, -0.2) is 9.13 Å². The second-order valence-corrected chi connectivity index (χ2v) is 4.70. The van der Waals surface area contributed by atoms with Crippen molar-refractivity contribution in [2.75, 3.05) is 30.6 Å². The van der Waals surface area contributed by atoms with Crippen LogP contribution in [0, 0.1) is 0 Å². The van der Waals surface area contributed by atoms with Gasteiger partial charge < -0.3 is 9.80 Å². The fraction of sp³-hybridized carbons (Fsp3) is 0.417. The predicted octanol–water partition coefficient (Wildman–Crippen LogP) is 0.846. The van der Waals surface area contributed by atoms with Gasteiger partial charge >= 0.3 is 0 Å². The van der Waals surface area contributed by atoms with E-state index in [0.29, 0.717) is 0 Å². The van der Waals surface area contributed by atoms with E-state index >= 15 is 0 Å². The first-order chi connectivity index (χ1) is 7.58. The second-order valence-electron chi connectivity index (χ2n) is 4.70. The molecule has 0 spiro atoms. The van der Waals surface area contributed by atoms with Crippen LogP contribution in [0.4, 0.5) is 11.4 Å². The molecule has 1 aromatic heterocycles. The van der Waals surface area contributed by atoms with Gasteiger partial charge in [0.2, 0.25) is 6.33 Å². The number of fused-ring (bicyclic) bond motifs is 2. The molecule has 0 atom stereocenters.